The number of nitrogens with one attached hydrogen (secondary N) is 1. The third kappa shape index (κ3) is 8.73. The molecular formula is C34H39NO7. The van der Waals surface area contributed by atoms with Crippen molar-refractivity contribution in [3.05, 3.63) is 82.4 Å². The molecule has 0 amide bonds. The summed E-state index contributed by atoms with van der Waals surface area (Å²) in [6, 6.07) is 17.3. The number of aliphatic hydroxyl groups is 2. The lowest BCUT2D eigenvalue weighted by molar-refractivity contribution is -0.121. The van der Waals surface area contributed by atoms with Gasteiger partial charge in [0.1, 0.15) is 12.5 Å². The van der Waals surface area contributed by atoms with E-state index in [0.717, 1.165) is 36.1 Å². The van der Waals surface area contributed by atoms with Gasteiger partial charge >= 0.3 is 0 Å². The first-order valence-electron chi connectivity index (χ1n) is 14.3. The van der Waals surface area contributed by atoms with E-state index in [0.29, 0.717) is 42.7 Å². The van der Waals surface area contributed by atoms with Gasteiger partial charge in [-0.3, -0.25) is 10.1 Å². The molecule has 1 atom stereocenters. The van der Waals surface area contributed by atoms with Crippen molar-refractivity contribution < 1.29 is 34.3 Å². The highest BCUT2D eigenvalue weighted by molar-refractivity contribution is 5.79. The van der Waals surface area contributed by atoms with Gasteiger partial charge in [-0.05, 0) is 67.5 Å². The molecule has 222 valence electrons. The molecule has 0 fully saturated rings. The topological polar surface area (TPSA) is 117 Å². The van der Waals surface area contributed by atoms with Crippen LogP contribution >= 0.6 is 0 Å². The summed E-state index contributed by atoms with van der Waals surface area (Å²) < 4.78 is 17.1. The lowest BCUT2D eigenvalue weighted by Gasteiger charge is -2.18. The summed E-state index contributed by atoms with van der Waals surface area (Å²) in [5.41, 5.74) is 4.22. The molecule has 0 aliphatic heterocycles. The number of aliphatic hydroxyl groups excluding tert-OH is 2. The Hall–Kier alpha value is -4.03. The Morgan fingerprint density at radius 3 is 2.62 bits per heavy atom. The summed E-state index contributed by atoms with van der Waals surface area (Å²) >= 11 is 0. The maximum atomic E-state index is 12.6. The molecule has 1 aliphatic carbocycles. The number of phenolic OH excluding ortho intramolecular Hbond substituents is 1. The molecule has 0 radical (unpaired) electrons. The van der Waals surface area contributed by atoms with Gasteiger partial charge in [0.05, 0.1) is 18.8 Å². The van der Waals surface area contributed by atoms with Crippen LogP contribution in [0.25, 0.3) is 0 Å². The van der Waals surface area contributed by atoms with Crippen molar-refractivity contribution in [2.24, 2.45) is 0 Å². The summed E-state index contributed by atoms with van der Waals surface area (Å²) in [4.78, 5) is 12.6. The van der Waals surface area contributed by atoms with Crippen LogP contribution in [-0.2, 0) is 30.5 Å². The molecule has 0 unspecified atom stereocenters. The lowest BCUT2D eigenvalue weighted by atomic mass is 9.97. The number of hydrogen-bond acceptors (Lipinski definition) is 8. The Morgan fingerprint density at radius 1 is 1.00 bits per heavy atom. The fourth-order valence-corrected chi connectivity index (χ4v) is 5.06. The highest BCUT2D eigenvalue weighted by atomic mass is 16.6. The zero-order chi connectivity index (χ0) is 29.7. The van der Waals surface area contributed by atoms with Gasteiger partial charge in [-0.25, -0.2) is 0 Å². The number of phenols is 1. The smallest absolute Gasteiger partial charge is 0.186 e. The number of ketones is 1. The molecule has 4 rings (SSSR count). The van der Waals surface area contributed by atoms with E-state index in [4.69, 9.17) is 14.2 Å². The Labute approximate surface area is 247 Å². The maximum Gasteiger partial charge on any atom is 0.186 e. The van der Waals surface area contributed by atoms with E-state index in [1.54, 1.807) is 12.1 Å². The van der Waals surface area contributed by atoms with Gasteiger partial charge in [-0.2, -0.15) is 0 Å². The van der Waals surface area contributed by atoms with Gasteiger partial charge in [0.25, 0.3) is 0 Å². The summed E-state index contributed by atoms with van der Waals surface area (Å²) in [5, 5.41) is 33.9. The summed E-state index contributed by atoms with van der Waals surface area (Å²) in [7, 11) is 1.47. The van der Waals surface area contributed by atoms with Crippen LogP contribution in [0.15, 0.2) is 54.6 Å². The molecule has 8 nitrogen and oxygen atoms in total. The zero-order valence-electron chi connectivity index (χ0n) is 24.0. The second-order valence-corrected chi connectivity index (χ2v) is 10.3. The molecule has 2 bridgehead atoms. The van der Waals surface area contributed by atoms with Gasteiger partial charge in [0, 0.05) is 24.8 Å². The standard InChI is InChI=1S/C34H39NO7/c1-40-34-30-11-5-10-27-19-25(12-15-28(37)21-29(38)16-13-26(30)14-17-31(34)39)20-32(42-23-36)33(27)41-22-35-18-6-9-24-7-3-2-4-8-24/h2-4,7-8,14,17,19-20,28,35-37,39H,6,9-10,12-13,15-16,18,21-23H2,1H3/t28-/m1/s1. The van der Waals surface area contributed by atoms with Crippen molar-refractivity contribution in [3.8, 4) is 34.8 Å². The highest BCUT2D eigenvalue weighted by Crippen LogP contribution is 2.35. The quantitative estimate of drug-likeness (QED) is 0.163. The van der Waals surface area contributed by atoms with Gasteiger partial charge in [-0.1, -0.05) is 54.3 Å². The van der Waals surface area contributed by atoms with Gasteiger partial charge < -0.3 is 29.5 Å². The van der Waals surface area contributed by atoms with Crippen molar-refractivity contribution in [2.45, 2.75) is 57.5 Å². The molecule has 0 heterocycles. The largest absolute Gasteiger partial charge is 0.504 e. The van der Waals surface area contributed by atoms with Crippen LogP contribution in [0, 0.1) is 11.8 Å². The van der Waals surface area contributed by atoms with E-state index in [-0.39, 0.29) is 36.9 Å². The van der Waals surface area contributed by atoms with E-state index >= 15 is 0 Å². The van der Waals surface area contributed by atoms with E-state index in [9.17, 15) is 20.1 Å². The molecule has 4 N–H and O–H groups in total. The first kappa shape index (κ1) is 30.9. The number of aryl methyl sites for hydroxylation is 3. The van der Waals surface area contributed by atoms with Crippen LogP contribution in [0.2, 0.25) is 0 Å². The first-order valence-corrected chi connectivity index (χ1v) is 14.3. The maximum absolute atomic E-state index is 12.6. The van der Waals surface area contributed by atoms with Crippen LogP contribution in [0.4, 0.5) is 0 Å². The first-order chi connectivity index (χ1) is 20.5. The number of carbonyl (C=O) groups excluding carboxylic acids is 1. The number of methoxy groups -OCH3 is 1. The summed E-state index contributed by atoms with van der Waals surface area (Å²) in [6.07, 6.45) is 3.04. The third-order valence-corrected chi connectivity index (χ3v) is 7.21. The van der Waals surface area contributed by atoms with Crippen molar-refractivity contribution >= 4 is 5.78 Å². The minimum absolute atomic E-state index is 0.0341. The number of benzene rings is 3. The number of carbonyl (C=O) groups is 1. The van der Waals surface area contributed by atoms with E-state index in [2.05, 4.69) is 29.3 Å². The molecule has 42 heavy (non-hydrogen) atoms. The van der Waals surface area contributed by atoms with Gasteiger partial charge in [0.15, 0.2) is 29.8 Å². The van der Waals surface area contributed by atoms with Crippen LogP contribution < -0.4 is 19.5 Å². The zero-order valence-corrected chi connectivity index (χ0v) is 24.0. The molecule has 1 aliphatic rings. The number of fused-ring (bicyclic) bond motifs is 3. The highest BCUT2D eigenvalue weighted by Gasteiger charge is 2.18. The second-order valence-electron chi connectivity index (χ2n) is 10.3. The van der Waals surface area contributed by atoms with Crippen molar-refractivity contribution in [2.75, 3.05) is 27.2 Å². The number of aromatic hydroxyl groups is 1. The molecule has 0 saturated carbocycles. The normalized spacial score (nSPS) is 15.4. The second kappa shape index (κ2) is 15.8. The molecule has 0 saturated heterocycles. The molecule has 3 aromatic carbocycles. The van der Waals surface area contributed by atoms with E-state index in [1.807, 2.05) is 24.3 Å². The SMILES string of the molecule is COc1c(O)ccc2c1C#CCc1cc(cc(OCO)c1OCNCCCc1ccccc1)CC[C@@H](O)CC(=O)CC2. The average molecular weight is 574 g/mol. The van der Waals surface area contributed by atoms with E-state index < -0.39 is 12.9 Å². The Bertz CT molecular complexity index is 1390. The number of rotatable bonds is 10. The summed E-state index contributed by atoms with van der Waals surface area (Å²) in [6.45, 7) is 0.465. The molecule has 8 heteroatoms. The van der Waals surface area contributed by atoms with Crippen LogP contribution in [0.1, 0.15) is 53.5 Å². The van der Waals surface area contributed by atoms with Crippen molar-refractivity contribution in [1.82, 2.24) is 5.32 Å². The van der Waals surface area contributed by atoms with Crippen LogP contribution in [0.3, 0.4) is 0 Å². The molecular weight excluding hydrogens is 534 g/mol. The Balaban J connectivity index is 1.59. The fourth-order valence-electron chi connectivity index (χ4n) is 5.06. The minimum Gasteiger partial charge on any atom is -0.504 e. The average Bonchev–Trinajstić information content (AvgIpc) is 2.99. The Kier molecular flexibility index (Phi) is 11.7. The van der Waals surface area contributed by atoms with Crippen molar-refractivity contribution in [1.29, 1.82) is 0 Å². The Morgan fingerprint density at radius 2 is 1.83 bits per heavy atom. The molecule has 0 spiro atoms. The minimum atomic E-state index is -0.783. The fraction of sp³-hybridized carbons (Fsp3) is 0.382. The van der Waals surface area contributed by atoms with Gasteiger partial charge in [0.2, 0.25) is 0 Å². The van der Waals surface area contributed by atoms with Gasteiger partial charge in [-0.15, -0.1) is 0 Å². The van der Waals surface area contributed by atoms with Crippen LogP contribution in [0.5, 0.6) is 23.0 Å². The monoisotopic (exact) mass is 573 g/mol. The predicted octanol–water partition coefficient (Wildman–Crippen LogP) is 4.08. The summed E-state index contributed by atoms with van der Waals surface area (Å²) in [5.74, 6) is 7.36. The van der Waals surface area contributed by atoms with Crippen molar-refractivity contribution in [3.63, 3.8) is 0 Å². The third-order valence-electron chi connectivity index (χ3n) is 7.21. The number of hydrogen-bond donors (Lipinski definition) is 4. The lowest BCUT2D eigenvalue weighted by Crippen LogP contribution is -2.22. The molecule has 3 aromatic rings. The van der Waals surface area contributed by atoms with E-state index in [1.165, 1.54) is 18.7 Å². The van der Waals surface area contributed by atoms with Crippen LogP contribution in [-0.4, -0.2) is 54.4 Å². The number of Topliss-reactive ketones (excluding diaryl/α,β-unsaturated/α-hetero) is 1. The number of ether oxygens (including phenoxy) is 3. The predicted molar refractivity (Wildman–Crippen MR) is 160 cm³/mol. The molecule has 0 aromatic heterocycles.